The van der Waals surface area contributed by atoms with E-state index in [1.54, 1.807) is 4.57 Å². The summed E-state index contributed by atoms with van der Waals surface area (Å²) in [4.78, 5) is 3.85. The maximum atomic E-state index is 12.1. The van der Waals surface area contributed by atoms with Crippen molar-refractivity contribution in [2.45, 2.75) is 37.4 Å². The molecule has 1 aliphatic heterocycles. The summed E-state index contributed by atoms with van der Waals surface area (Å²) in [6.45, 7) is 3.42. The quantitative estimate of drug-likeness (QED) is 0.826. The summed E-state index contributed by atoms with van der Waals surface area (Å²) in [6.07, 6.45) is 4.83. The Bertz CT molecular complexity index is 716. The number of imidazole rings is 1. The predicted molar refractivity (Wildman–Crippen MR) is 73.0 cm³/mol. The first-order valence-corrected chi connectivity index (χ1v) is 8.18. The van der Waals surface area contributed by atoms with Crippen molar-refractivity contribution in [3.8, 4) is 0 Å². The first-order chi connectivity index (χ1) is 10.1. The average Bonchev–Trinajstić information content (AvgIpc) is 3.19. The van der Waals surface area contributed by atoms with Crippen LogP contribution >= 0.6 is 0 Å². The van der Waals surface area contributed by atoms with Gasteiger partial charge in [0.25, 0.3) is 10.0 Å². The van der Waals surface area contributed by atoms with Gasteiger partial charge in [-0.2, -0.15) is 8.42 Å². The standard InChI is InChI=1S/C11H16N6O3S/c1-2-17-6-9(13-7-17)21(18,19)16-11-15-14-10(20-11)8-4-3-5-12-8/h6-8,12H,2-5H2,1H3,(H,15,16). The van der Waals surface area contributed by atoms with Gasteiger partial charge in [0, 0.05) is 12.7 Å². The Morgan fingerprint density at radius 3 is 3.05 bits per heavy atom. The lowest BCUT2D eigenvalue weighted by molar-refractivity contribution is 0.439. The van der Waals surface area contributed by atoms with Crippen molar-refractivity contribution in [1.82, 2.24) is 25.1 Å². The second kappa shape index (κ2) is 5.45. The molecule has 1 aliphatic rings. The molecule has 0 spiro atoms. The lowest BCUT2D eigenvalue weighted by Gasteiger charge is -2.03. The number of aromatic nitrogens is 4. The van der Waals surface area contributed by atoms with Crippen molar-refractivity contribution in [3.63, 3.8) is 0 Å². The zero-order valence-corrected chi connectivity index (χ0v) is 12.3. The predicted octanol–water partition coefficient (Wildman–Crippen LogP) is 0.511. The van der Waals surface area contributed by atoms with Crippen LogP contribution in [0.15, 0.2) is 22.0 Å². The normalized spacial score (nSPS) is 19.0. The number of aryl methyl sites for hydroxylation is 1. The zero-order chi connectivity index (χ0) is 14.9. The van der Waals surface area contributed by atoms with E-state index in [-0.39, 0.29) is 17.1 Å². The molecule has 3 rings (SSSR count). The van der Waals surface area contributed by atoms with Crippen LogP contribution in [0.4, 0.5) is 6.01 Å². The second-order valence-corrected chi connectivity index (χ2v) is 6.37. The maximum absolute atomic E-state index is 12.1. The van der Waals surface area contributed by atoms with Crippen molar-refractivity contribution < 1.29 is 12.8 Å². The Morgan fingerprint density at radius 2 is 2.38 bits per heavy atom. The maximum Gasteiger partial charge on any atom is 0.329 e. The SMILES string of the molecule is CCn1cnc(S(=O)(=O)Nc2nnc(C3CCCN3)o2)c1. The zero-order valence-electron chi connectivity index (χ0n) is 11.5. The minimum atomic E-state index is -3.81. The molecule has 0 radical (unpaired) electrons. The third kappa shape index (κ3) is 2.90. The van der Waals surface area contributed by atoms with Crippen molar-refractivity contribution in [1.29, 1.82) is 0 Å². The fourth-order valence-electron chi connectivity index (χ4n) is 2.13. The van der Waals surface area contributed by atoms with E-state index < -0.39 is 10.0 Å². The van der Waals surface area contributed by atoms with Crippen molar-refractivity contribution in [3.05, 3.63) is 18.4 Å². The summed E-state index contributed by atoms with van der Waals surface area (Å²) in [7, 11) is -3.81. The summed E-state index contributed by atoms with van der Waals surface area (Å²) < 4.78 is 33.5. The highest BCUT2D eigenvalue weighted by Gasteiger charge is 2.25. The van der Waals surface area contributed by atoms with E-state index in [4.69, 9.17) is 4.42 Å². The van der Waals surface area contributed by atoms with Gasteiger partial charge in [0.1, 0.15) is 0 Å². The van der Waals surface area contributed by atoms with Gasteiger partial charge in [-0.1, -0.05) is 5.10 Å². The van der Waals surface area contributed by atoms with E-state index in [2.05, 4.69) is 25.2 Å². The molecular weight excluding hydrogens is 296 g/mol. The van der Waals surface area contributed by atoms with Crippen molar-refractivity contribution in [2.24, 2.45) is 0 Å². The highest BCUT2D eigenvalue weighted by atomic mass is 32.2. The van der Waals surface area contributed by atoms with Crippen LogP contribution in [0.25, 0.3) is 0 Å². The van der Waals surface area contributed by atoms with Gasteiger partial charge in [0.05, 0.1) is 12.4 Å². The molecule has 1 unspecified atom stereocenters. The van der Waals surface area contributed by atoms with Gasteiger partial charge in [-0.05, 0) is 26.3 Å². The van der Waals surface area contributed by atoms with E-state index in [1.807, 2.05) is 6.92 Å². The largest absolute Gasteiger partial charge is 0.406 e. The Labute approximate surface area is 121 Å². The molecule has 1 atom stereocenters. The lowest BCUT2D eigenvalue weighted by Crippen LogP contribution is -2.14. The van der Waals surface area contributed by atoms with E-state index in [9.17, 15) is 8.42 Å². The first kappa shape index (κ1) is 14.0. The Hall–Kier alpha value is -1.94. The lowest BCUT2D eigenvalue weighted by atomic mass is 10.2. The van der Waals surface area contributed by atoms with Crippen LogP contribution in [0, 0.1) is 0 Å². The third-order valence-electron chi connectivity index (χ3n) is 3.27. The Morgan fingerprint density at radius 1 is 1.52 bits per heavy atom. The number of sulfonamides is 1. The minimum Gasteiger partial charge on any atom is -0.406 e. The van der Waals surface area contributed by atoms with Gasteiger partial charge in [-0.3, -0.25) is 0 Å². The topological polar surface area (TPSA) is 115 Å². The number of rotatable bonds is 5. The summed E-state index contributed by atoms with van der Waals surface area (Å²) in [6, 6.07) is -0.153. The van der Waals surface area contributed by atoms with E-state index in [0.717, 1.165) is 19.4 Å². The fraction of sp³-hybridized carbons (Fsp3) is 0.545. The fourth-order valence-corrected chi connectivity index (χ4v) is 3.01. The molecule has 0 bridgehead atoms. The molecule has 0 amide bonds. The van der Waals surface area contributed by atoms with Crippen LogP contribution in [-0.4, -0.2) is 34.7 Å². The highest BCUT2D eigenvalue weighted by Crippen LogP contribution is 2.23. The first-order valence-electron chi connectivity index (χ1n) is 6.70. The third-order valence-corrected chi connectivity index (χ3v) is 4.48. The van der Waals surface area contributed by atoms with Gasteiger partial charge < -0.3 is 14.3 Å². The molecular formula is C11H16N6O3S. The summed E-state index contributed by atoms with van der Waals surface area (Å²) in [5.41, 5.74) is 0. The molecule has 21 heavy (non-hydrogen) atoms. The monoisotopic (exact) mass is 312 g/mol. The summed E-state index contributed by atoms with van der Waals surface area (Å²) in [5.74, 6) is 0.393. The molecule has 0 aromatic carbocycles. The van der Waals surface area contributed by atoms with Crippen LogP contribution < -0.4 is 10.0 Å². The van der Waals surface area contributed by atoms with Crippen molar-refractivity contribution in [2.75, 3.05) is 11.3 Å². The van der Waals surface area contributed by atoms with Gasteiger partial charge in [-0.25, -0.2) is 9.71 Å². The van der Waals surface area contributed by atoms with Gasteiger partial charge in [0.15, 0.2) is 5.03 Å². The molecule has 10 heteroatoms. The molecule has 0 saturated carbocycles. The van der Waals surface area contributed by atoms with Gasteiger partial charge in [-0.15, -0.1) is 5.10 Å². The number of anilines is 1. The van der Waals surface area contributed by atoms with Crippen LogP contribution in [-0.2, 0) is 16.6 Å². The minimum absolute atomic E-state index is 0.00458. The molecule has 2 aromatic heterocycles. The molecule has 9 nitrogen and oxygen atoms in total. The van der Waals surface area contributed by atoms with Crippen molar-refractivity contribution >= 4 is 16.0 Å². The van der Waals surface area contributed by atoms with Gasteiger partial charge >= 0.3 is 6.01 Å². The van der Waals surface area contributed by atoms with Crippen LogP contribution in [0.2, 0.25) is 0 Å². The number of nitrogens with one attached hydrogen (secondary N) is 2. The van der Waals surface area contributed by atoms with Gasteiger partial charge in [0.2, 0.25) is 5.89 Å². The molecule has 2 N–H and O–H groups in total. The number of nitrogens with zero attached hydrogens (tertiary/aromatic N) is 4. The molecule has 3 heterocycles. The number of hydrogen-bond donors (Lipinski definition) is 2. The summed E-state index contributed by atoms with van der Waals surface area (Å²) >= 11 is 0. The smallest absolute Gasteiger partial charge is 0.329 e. The van der Waals surface area contributed by atoms with E-state index in [1.165, 1.54) is 12.5 Å². The molecule has 114 valence electrons. The van der Waals surface area contributed by atoms with Crippen LogP contribution in [0.1, 0.15) is 31.7 Å². The molecule has 0 aliphatic carbocycles. The van der Waals surface area contributed by atoms with E-state index in [0.29, 0.717) is 12.4 Å². The summed E-state index contributed by atoms with van der Waals surface area (Å²) in [5, 5.41) is 10.7. The number of hydrogen-bond acceptors (Lipinski definition) is 7. The Kier molecular flexibility index (Phi) is 3.64. The average molecular weight is 312 g/mol. The molecule has 1 fully saturated rings. The molecule has 1 saturated heterocycles. The van der Waals surface area contributed by atoms with Crippen LogP contribution in [0.5, 0.6) is 0 Å². The highest BCUT2D eigenvalue weighted by molar-refractivity contribution is 7.92. The molecule has 2 aromatic rings. The second-order valence-electron chi connectivity index (χ2n) is 4.74. The van der Waals surface area contributed by atoms with E-state index >= 15 is 0 Å². The Balaban J connectivity index is 1.76. The van der Waals surface area contributed by atoms with Crippen LogP contribution in [0.3, 0.4) is 0 Å².